The Morgan fingerprint density at radius 1 is 1.02 bits per heavy atom. The number of nitrogens with zero attached hydrogens (tertiary/aromatic N) is 6. The number of phenols is 1. The number of thiophene rings is 1. The van der Waals surface area contributed by atoms with Crippen LogP contribution in [0.1, 0.15) is 36.4 Å². The summed E-state index contributed by atoms with van der Waals surface area (Å²) in [6.45, 7) is 3.98. The van der Waals surface area contributed by atoms with Gasteiger partial charge >= 0.3 is 11.4 Å². The summed E-state index contributed by atoms with van der Waals surface area (Å²) < 4.78 is 6.50. The molecular formula is C33H29ClN6O5S. The predicted molar refractivity (Wildman–Crippen MR) is 174 cm³/mol. The number of allylic oxidation sites excluding steroid dienone is 2. The van der Waals surface area contributed by atoms with Crippen molar-refractivity contribution in [2.24, 2.45) is 25.4 Å². The zero-order valence-electron chi connectivity index (χ0n) is 25.4. The lowest BCUT2D eigenvalue weighted by Gasteiger charge is -2.47. The molecule has 234 valence electrons. The van der Waals surface area contributed by atoms with Crippen LogP contribution in [0.3, 0.4) is 0 Å². The second-order valence-corrected chi connectivity index (χ2v) is 14.0. The second kappa shape index (κ2) is 9.66. The van der Waals surface area contributed by atoms with Crippen molar-refractivity contribution in [3.8, 4) is 16.3 Å². The number of imide groups is 1. The van der Waals surface area contributed by atoms with Crippen molar-refractivity contribution < 1.29 is 14.7 Å². The van der Waals surface area contributed by atoms with Gasteiger partial charge in [0.1, 0.15) is 17.3 Å². The van der Waals surface area contributed by atoms with Crippen molar-refractivity contribution in [3.63, 3.8) is 0 Å². The molecule has 1 saturated carbocycles. The van der Waals surface area contributed by atoms with Gasteiger partial charge in [0.05, 0.1) is 28.8 Å². The zero-order chi connectivity index (χ0) is 32.4. The molecule has 0 unspecified atom stereocenters. The average Bonchev–Trinajstić information content (AvgIpc) is 3.69. The minimum Gasteiger partial charge on any atom is -0.508 e. The first kappa shape index (κ1) is 28.8. The van der Waals surface area contributed by atoms with Crippen LogP contribution in [-0.4, -0.2) is 40.6 Å². The molecule has 2 fully saturated rings. The van der Waals surface area contributed by atoms with Gasteiger partial charge in [-0.1, -0.05) is 29.8 Å². The molecule has 2 amide bonds. The van der Waals surface area contributed by atoms with Gasteiger partial charge in [0.15, 0.2) is 0 Å². The molecule has 11 nitrogen and oxygen atoms in total. The summed E-state index contributed by atoms with van der Waals surface area (Å²) in [5, 5.41) is 16.5. The maximum absolute atomic E-state index is 14.8. The van der Waals surface area contributed by atoms with E-state index in [1.54, 1.807) is 53.4 Å². The molecule has 8 rings (SSSR count). The molecule has 3 aromatic heterocycles. The number of halogens is 1. The number of aromatic hydroxyl groups is 1. The normalized spacial score (nSPS) is 23.9. The molecule has 0 bridgehead atoms. The van der Waals surface area contributed by atoms with Crippen molar-refractivity contribution in [2.45, 2.75) is 38.8 Å². The summed E-state index contributed by atoms with van der Waals surface area (Å²) >= 11 is 7.84. The molecular weight excluding hydrogens is 628 g/mol. The van der Waals surface area contributed by atoms with Crippen LogP contribution < -0.4 is 16.3 Å². The summed E-state index contributed by atoms with van der Waals surface area (Å²) in [6.07, 6.45) is 2.08. The molecule has 46 heavy (non-hydrogen) atoms. The molecule has 1 saturated heterocycles. The highest BCUT2D eigenvalue weighted by atomic mass is 35.5. The number of amides is 2. The van der Waals surface area contributed by atoms with Crippen LogP contribution in [0.4, 0.5) is 5.82 Å². The summed E-state index contributed by atoms with van der Waals surface area (Å²) in [5.74, 6) is -1.73. The Morgan fingerprint density at radius 3 is 2.50 bits per heavy atom. The maximum Gasteiger partial charge on any atom is 0.347 e. The van der Waals surface area contributed by atoms with Gasteiger partial charge in [-0.2, -0.15) is 5.10 Å². The third-order valence-corrected chi connectivity index (χ3v) is 11.7. The van der Waals surface area contributed by atoms with Crippen LogP contribution >= 0.6 is 22.9 Å². The van der Waals surface area contributed by atoms with Crippen LogP contribution in [0.15, 0.2) is 69.8 Å². The van der Waals surface area contributed by atoms with E-state index in [0.29, 0.717) is 16.5 Å². The number of anilines is 1. The van der Waals surface area contributed by atoms with Crippen molar-refractivity contribution in [1.82, 2.24) is 23.7 Å². The Hall–Kier alpha value is -4.68. The standard InChI is InChI=1S/C33H29ClN6O5S/c1-16-21-13-18(34)7-10-25(21)46-28(16)23-15-26(37(4)35-23)39-29(42)22-14-24-20(11-12-38-31(44)36(3)32(45)40(24)38)27(33(22,2)30(39)43)17-5-8-19(41)9-6-17/h5-11,13,15,22,24,27,41H,12,14H2,1-4H3/t22-,24+,27-,33+/m0/s1. The topological polar surface area (TPSA) is 124 Å². The van der Waals surface area contributed by atoms with Gasteiger partial charge in [-0.15, -0.1) is 11.3 Å². The number of hydrogen-bond donors (Lipinski definition) is 1. The minimum atomic E-state index is -1.22. The zero-order valence-corrected chi connectivity index (χ0v) is 27.0. The van der Waals surface area contributed by atoms with E-state index in [4.69, 9.17) is 16.7 Å². The molecule has 3 aliphatic rings. The molecule has 4 atom stereocenters. The van der Waals surface area contributed by atoms with E-state index in [9.17, 15) is 24.3 Å². The van der Waals surface area contributed by atoms with Gasteiger partial charge < -0.3 is 5.11 Å². The van der Waals surface area contributed by atoms with Crippen LogP contribution in [0, 0.1) is 18.3 Å². The number of phenolic OH excluding ortho intramolecular Hbond substituents is 1. The number of carbonyl (C=O) groups excluding carboxylic acids is 2. The van der Waals surface area contributed by atoms with Gasteiger partial charge in [0, 0.05) is 35.8 Å². The first-order chi connectivity index (χ1) is 21.9. The molecule has 1 N–H and O–H groups in total. The number of aryl methyl sites for hydroxylation is 2. The minimum absolute atomic E-state index is 0.0696. The third kappa shape index (κ3) is 3.68. The Bertz CT molecular complexity index is 2310. The average molecular weight is 657 g/mol. The van der Waals surface area contributed by atoms with E-state index in [-0.39, 0.29) is 30.5 Å². The molecule has 13 heteroatoms. The summed E-state index contributed by atoms with van der Waals surface area (Å²) in [5.41, 5.74) is 1.05. The Morgan fingerprint density at radius 2 is 1.76 bits per heavy atom. The molecule has 2 aromatic carbocycles. The molecule has 2 aliphatic heterocycles. The number of carbonyl (C=O) groups is 2. The number of hydrogen-bond acceptors (Lipinski definition) is 7. The third-order valence-electron chi connectivity index (χ3n) is 10.2. The number of benzene rings is 2. The molecule has 5 heterocycles. The SMILES string of the molecule is Cc1c(-c2cc(N3C(=O)[C@@H]4C[C@@H]5C(=CCn6c(=O)n(C)c(=O)n65)[C@H](c5ccc(O)cc5)[C@]4(C)C3=O)n(C)n2)sc2ccc(Cl)cc12. The van der Waals surface area contributed by atoms with Gasteiger partial charge in [-0.05, 0) is 72.7 Å². The summed E-state index contributed by atoms with van der Waals surface area (Å²) in [4.78, 5) is 57.7. The Balaban J connectivity index is 1.28. The fourth-order valence-electron chi connectivity index (χ4n) is 7.87. The fraction of sp³-hybridized carbons (Fsp3) is 0.303. The van der Waals surface area contributed by atoms with Crippen molar-refractivity contribution >= 4 is 50.7 Å². The summed E-state index contributed by atoms with van der Waals surface area (Å²) in [7, 11) is 3.15. The smallest absolute Gasteiger partial charge is 0.347 e. The molecule has 1 aliphatic carbocycles. The molecule has 0 spiro atoms. The monoisotopic (exact) mass is 656 g/mol. The Kier molecular flexibility index (Phi) is 6.04. The fourth-order valence-corrected chi connectivity index (χ4v) is 9.18. The number of aromatic nitrogens is 5. The van der Waals surface area contributed by atoms with Crippen molar-refractivity contribution in [3.05, 3.63) is 97.3 Å². The number of rotatable bonds is 3. The van der Waals surface area contributed by atoms with Gasteiger partial charge in [0.2, 0.25) is 11.8 Å². The molecule has 0 radical (unpaired) electrons. The van der Waals surface area contributed by atoms with E-state index < -0.39 is 34.7 Å². The van der Waals surface area contributed by atoms with Crippen LogP contribution in [0.25, 0.3) is 20.7 Å². The van der Waals surface area contributed by atoms with Crippen LogP contribution in [-0.2, 0) is 30.2 Å². The van der Waals surface area contributed by atoms with Gasteiger partial charge in [-0.3, -0.25) is 14.3 Å². The highest BCUT2D eigenvalue weighted by Crippen LogP contribution is 2.61. The Labute approximate surface area is 271 Å². The first-order valence-corrected chi connectivity index (χ1v) is 16.1. The lowest BCUT2D eigenvalue weighted by Crippen LogP contribution is -2.49. The summed E-state index contributed by atoms with van der Waals surface area (Å²) in [6, 6.07) is 13.5. The van der Waals surface area contributed by atoms with Gasteiger partial charge in [-0.25, -0.2) is 28.4 Å². The second-order valence-electron chi connectivity index (χ2n) is 12.6. The largest absolute Gasteiger partial charge is 0.508 e. The lowest BCUT2D eigenvalue weighted by atomic mass is 9.56. The molecule has 5 aromatic rings. The van der Waals surface area contributed by atoms with Crippen molar-refractivity contribution in [2.75, 3.05) is 4.90 Å². The van der Waals surface area contributed by atoms with Crippen LogP contribution in [0.5, 0.6) is 5.75 Å². The van der Waals surface area contributed by atoms with Crippen molar-refractivity contribution in [1.29, 1.82) is 0 Å². The van der Waals surface area contributed by atoms with E-state index in [1.807, 2.05) is 38.1 Å². The highest BCUT2D eigenvalue weighted by Gasteiger charge is 2.65. The highest BCUT2D eigenvalue weighted by molar-refractivity contribution is 7.22. The van der Waals surface area contributed by atoms with E-state index >= 15 is 0 Å². The van der Waals surface area contributed by atoms with Crippen LogP contribution in [0.2, 0.25) is 5.02 Å². The number of fused-ring (bicyclic) bond motifs is 5. The maximum atomic E-state index is 14.8. The van der Waals surface area contributed by atoms with E-state index in [2.05, 4.69) is 0 Å². The van der Waals surface area contributed by atoms with E-state index in [1.165, 1.54) is 21.3 Å². The predicted octanol–water partition coefficient (Wildman–Crippen LogP) is 4.50. The van der Waals surface area contributed by atoms with E-state index in [0.717, 1.165) is 36.2 Å². The van der Waals surface area contributed by atoms with Gasteiger partial charge in [0.25, 0.3) is 0 Å². The quantitative estimate of drug-likeness (QED) is 0.225. The first-order valence-electron chi connectivity index (χ1n) is 14.9. The lowest BCUT2D eigenvalue weighted by molar-refractivity contribution is -0.129.